The third kappa shape index (κ3) is 4.82. The predicted octanol–water partition coefficient (Wildman–Crippen LogP) is 3.44. The molecule has 162 valence electrons. The maximum Gasteiger partial charge on any atom is 0.350 e. The molecule has 1 aliphatic rings. The molecular formula is C22H30N4O3S. The van der Waals surface area contributed by atoms with Gasteiger partial charge in [-0.05, 0) is 52.0 Å². The minimum Gasteiger partial charge on any atom is -0.462 e. The lowest BCUT2D eigenvalue weighted by Crippen LogP contribution is -2.48. The maximum absolute atomic E-state index is 12.9. The van der Waals surface area contributed by atoms with Crippen molar-refractivity contribution in [2.75, 3.05) is 49.6 Å². The van der Waals surface area contributed by atoms with Crippen molar-refractivity contribution >= 4 is 34.0 Å². The highest BCUT2D eigenvalue weighted by Crippen LogP contribution is 2.27. The highest BCUT2D eigenvalue weighted by Gasteiger charge is 2.23. The van der Waals surface area contributed by atoms with Crippen LogP contribution in [-0.2, 0) is 4.74 Å². The zero-order valence-electron chi connectivity index (χ0n) is 18.3. The van der Waals surface area contributed by atoms with Gasteiger partial charge in [0.25, 0.3) is 5.91 Å². The molecule has 0 N–H and O–H groups in total. The largest absolute Gasteiger partial charge is 0.462 e. The van der Waals surface area contributed by atoms with Crippen LogP contribution < -0.4 is 9.80 Å². The summed E-state index contributed by atoms with van der Waals surface area (Å²) in [5, 5.41) is 0.481. The molecule has 2 aromatic rings. The normalized spacial score (nSPS) is 14.8. The number of anilines is 2. The Labute approximate surface area is 182 Å². The Balaban J connectivity index is 1.67. The van der Waals surface area contributed by atoms with Crippen LogP contribution >= 0.6 is 11.3 Å². The number of carbonyl (C=O) groups excluding carboxylic acids is 2. The molecule has 1 amide bonds. The SMILES string of the molecule is CCOC(=O)c1sc(N(C)C(=O)c2ccc(N3CCN(C(C)C)CC3)cc2)nc1C. The maximum atomic E-state index is 12.9. The fraction of sp³-hybridized carbons (Fsp3) is 0.500. The number of thiazole rings is 1. The van der Waals surface area contributed by atoms with Crippen molar-refractivity contribution in [2.45, 2.75) is 33.7 Å². The first-order valence-corrected chi connectivity index (χ1v) is 11.1. The number of nitrogens with zero attached hydrogens (tertiary/aromatic N) is 4. The van der Waals surface area contributed by atoms with Gasteiger partial charge >= 0.3 is 5.97 Å². The van der Waals surface area contributed by atoms with Gasteiger partial charge in [-0.3, -0.25) is 14.6 Å². The highest BCUT2D eigenvalue weighted by atomic mass is 32.1. The van der Waals surface area contributed by atoms with Gasteiger partial charge in [-0.1, -0.05) is 11.3 Å². The minimum absolute atomic E-state index is 0.157. The monoisotopic (exact) mass is 430 g/mol. The standard InChI is InChI=1S/C22H30N4O3S/c1-6-29-21(28)19-16(4)23-22(30-19)24(5)20(27)17-7-9-18(10-8-17)26-13-11-25(12-14-26)15(2)3/h7-10,15H,6,11-14H2,1-5H3. The van der Waals surface area contributed by atoms with Crippen LogP contribution in [0.5, 0.6) is 0 Å². The van der Waals surface area contributed by atoms with Crippen LogP contribution in [0.3, 0.4) is 0 Å². The lowest BCUT2D eigenvalue weighted by Gasteiger charge is -2.38. The molecule has 30 heavy (non-hydrogen) atoms. The number of hydrogen-bond acceptors (Lipinski definition) is 7. The summed E-state index contributed by atoms with van der Waals surface area (Å²) in [6.45, 7) is 12.3. The fourth-order valence-corrected chi connectivity index (χ4v) is 4.42. The van der Waals surface area contributed by atoms with Crippen molar-refractivity contribution in [3.8, 4) is 0 Å². The summed E-state index contributed by atoms with van der Waals surface area (Å²) < 4.78 is 5.06. The number of esters is 1. The van der Waals surface area contributed by atoms with Crippen molar-refractivity contribution in [3.05, 3.63) is 40.4 Å². The third-order valence-corrected chi connectivity index (χ3v) is 6.58. The van der Waals surface area contributed by atoms with Gasteiger partial charge in [0.15, 0.2) is 5.13 Å². The molecule has 1 aliphatic heterocycles. The summed E-state index contributed by atoms with van der Waals surface area (Å²) in [4.78, 5) is 36.1. The number of benzene rings is 1. The number of ether oxygens (including phenoxy) is 1. The van der Waals surface area contributed by atoms with E-state index in [0.29, 0.717) is 33.9 Å². The summed E-state index contributed by atoms with van der Waals surface area (Å²) in [5.74, 6) is -0.558. The van der Waals surface area contributed by atoms with Gasteiger partial charge in [-0.15, -0.1) is 0 Å². The summed E-state index contributed by atoms with van der Waals surface area (Å²) in [6, 6.07) is 8.29. The van der Waals surface area contributed by atoms with E-state index in [-0.39, 0.29) is 5.91 Å². The van der Waals surface area contributed by atoms with Gasteiger partial charge in [0.05, 0.1) is 12.3 Å². The zero-order valence-corrected chi connectivity index (χ0v) is 19.2. The average Bonchev–Trinajstić information content (AvgIpc) is 3.15. The molecular weight excluding hydrogens is 400 g/mol. The molecule has 0 aliphatic carbocycles. The lowest BCUT2D eigenvalue weighted by atomic mass is 10.1. The molecule has 8 heteroatoms. The second kappa shape index (κ2) is 9.57. The molecule has 1 saturated heterocycles. The van der Waals surface area contributed by atoms with Crippen molar-refractivity contribution in [3.63, 3.8) is 0 Å². The highest BCUT2D eigenvalue weighted by molar-refractivity contribution is 7.17. The number of piperazine rings is 1. The van der Waals surface area contributed by atoms with Crippen LogP contribution in [0.4, 0.5) is 10.8 Å². The number of rotatable bonds is 6. The molecule has 1 fully saturated rings. The summed E-state index contributed by atoms with van der Waals surface area (Å²) >= 11 is 1.17. The van der Waals surface area contributed by atoms with E-state index in [1.165, 1.54) is 16.2 Å². The Morgan fingerprint density at radius 3 is 2.37 bits per heavy atom. The van der Waals surface area contributed by atoms with Crippen LogP contribution in [0.2, 0.25) is 0 Å². The van der Waals surface area contributed by atoms with Crippen LogP contribution in [0.1, 0.15) is 46.5 Å². The molecule has 0 unspecified atom stereocenters. The second-order valence-corrected chi connectivity index (χ2v) is 8.64. The van der Waals surface area contributed by atoms with Gasteiger partial charge in [0.2, 0.25) is 0 Å². The number of amides is 1. The lowest BCUT2D eigenvalue weighted by molar-refractivity contribution is 0.0531. The Morgan fingerprint density at radius 2 is 1.80 bits per heavy atom. The molecule has 2 heterocycles. The summed E-state index contributed by atoms with van der Waals surface area (Å²) in [5.41, 5.74) is 2.30. The number of hydrogen-bond donors (Lipinski definition) is 0. The molecule has 0 bridgehead atoms. The van der Waals surface area contributed by atoms with Crippen LogP contribution in [0, 0.1) is 6.92 Å². The Bertz CT molecular complexity index is 886. The predicted molar refractivity (Wildman–Crippen MR) is 121 cm³/mol. The van der Waals surface area contributed by atoms with Gasteiger partial charge in [0, 0.05) is 50.5 Å². The zero-order chi connectivity index (χ0) is 21.8. The van der Waals surface area contributed by atoms with E-state index in [2.05, 4.69) is 28.6 Å². The Hall–Kier alpha value is -2.45. The molecule has 1 aromatic heterocycles. The van der Waals surface area contributed by atoms with Crippen LogP contribution in [-0.4, -0.2) is 67.6 Å². The number of aryl methyl sites for hydroxylation is 1. The van der Waals surface area contributed by atoms with Crippen molar-refractivity contribution in [1.82, 2.24) is 9.88 Å². The topological polar surface area (TPSA) is 66.0 Å². The van der Waals surface area contributed by atoms with E-state index in [1.807, 2.05) is 24.3 Å². The first-order valence-electron chi connectivity index (χ1n) is 10.3. The Morgan fingerprint density at radius 1 is 1.17 bits per heavy atom. The quantitative estimate of drug-likeness (QED) is 0.654. The Kier molecular flexibility index (Phi) is 7.10. The summed E-state index contributed by atoms with van der Waals surface area (Å²) in [6.07, 6.45) is 0. The van der Waals surface area contributed by atoms with Crippen molar-refractivity contribution < 1.29 is 14.3 Å². The summed E-state index contributed by atoms with van der Waals surface area (Å²) in [7, 11) is 1.68. The smallest absolute Gasteiger partial charge is 0.350 e. The van der Waals surface area contributed by atoms with Gasteiger partial charge < -0.3 is 9.64 Å². The van der Waals surface area contributed by atoms with E-state index in [1.54, 1.807) is 20.9 Å². The molecule has 0 radical (unpaired) electrons. The molecule has 1 aromatic carbocycles. The van der Waals surface area contributed by atoms with Gasteiger partial charge in [0.1, 0.15) is 4.88 Å². The molecule has 7 nitrogen and oxygen atoms in total. The number of carbonyl (C=O) groups is 2. The minimum atomic E-state index is -0.401. The second-order valence-electron chi connectivity index (χ2n) is 7.66. The first kappa shape index (κ1) is 22.2. The molecule has 3 rings (SSSR count). The number of aromatic nitrogens is 1. The van der Waals surface area contributed by atoms with E-state index in [0.717, 1.165) is 31.9 Å². The van der Waals surface area contributed by atoms with Crippen LogP contribution in [0.25, 0.3) is 0 Å². The van der Waals surface area contributed by atoms with Crippen molar-refractivity contribution in [2.24, 2.45) is 0 Å². The van der Waals surface area contributed by atoms with Gasteiger partial charge in [-0.2, -0.15) is 0 Å². The molecule has 0 saturated carbocycles. The van der Waals surface area contributed by atoms with E-state index >= 15 is 0 Å². The first-order chi connectivity index (χ1) is 14.3. The third-order valence-electron chi connectivity index (χ3n) is 5.36. The van der Waals surface area contributed by atoms with Crippen molar-refractivity contribution in [1.29, 1.82) is 0 Å². The van der Waals surface area contributed by atoms with Gasteiger partial charge in [-0.25, -0.2) is 9.78 Å². The average molecular weight is 431 g/mol. The van der Waals surface area contributed by atoms with E-state index in [4.69, 9.17) is 4.74 Å². The van der Waals surface area contributed by atoms with E-state index in [9.17, 15) is 9.59 Å². The fourth-order valence-electron chi connectivity index (χ4n) is 3.50. The molecule has 0 atom stereocenters. The van der Waals surface area contributed by atoms with E-state index < -0.39 is 5.97 Å². The molecule has 0 spiro atoms. The van der Waals surface area contributed by atoms with Crippen LogP contribution in [0.15, 0.2) is 24.3 Å².